The first kappa shape index (κ1) is 42.9. The van der Waals surface area contributed by atoms with Gasteiger partial charge in [0, 0.05) is 47.9 Å². The van der Waals surface area contributed by atoms with Gasteiger partial charge < -0.3 is 65.0 Å². The summed E-state index contributed by atoms with van der Waals surface area (Å²) in [5.74, 6) is -0.974. The van der Waals surface area contributed by atoms with E-state index in [2.05, 4.69) is 15.6 Å². The molecule has 332 valence electrons. The number of ether oxygens (including phenoxy) is 4. The number of aromatic hydroxyl groups is 1. The van der Waals surface area contributed by atoms with Gasteiger partial charge in [-0.25, -0.2) is 0 Å². The highest BCUT2D eigenvalue weighted by molar-refractivity contribution is 6.11. The van der Waals surface area contributed by atoms with Crippen LogP contribution in [0.25, 0.3) is 27.8 Å². The summed E-state index contributed by atoms with van der Waals surface area (Å²) in [6, 6.07) is 15.2. The van der Waals surface area contributed by atoms with E-state index < -0.39 is 54.4 Å². The fourth-order valence-electron chi connectivity index (χ4n) is 9.93. The maximum atomic E-state index is 14.8. The number of phenolic OH excluding ortho intramolecular Hbond substituents is 1. The number of aromatic nitrogens is 1. The van der Waals surface area contributed by atoms with Crippen molar-refractivity contribution in [2.24, 2.45) is 0 Å². The first-order valence-electron chi connectivity index (χ1n) is 21.5. The molecule has 1 aliphatic carbocycles. The fourth-order valence-corrected chi connectivity index (χ4v) is 9.93. The Hall–Kier alpha value is -5.36. The molecule has 15 heteroatoms. The van der Waals surface area contributed by atoms with Gasteiger partial charge in [-0.2, -0.15) is 0 Å². The maximum Gasteiger partial charge on any atom is 0.254 e. The summed E-state index contributed by atoms with van der Waals surface area (Å²) in [6.45, 7) is -0.231. The Balaban J connectivity index is 1.22. The largest absolute Gasteiger partial charge is 0.506 e. The Labute approximate surface area is 364 Å². The number of benzene rings is 4. The quantitative estimate of drug-likeness (QED) is 0.0871. The predicted octanol–water partition coefficient (Wildman–Crippen LogP) is 4.30. The summed E-state index contributed by atoms with van der Waals surface area (Å²) >= 11 is 0. The van der Waals surface area contributed by atoms with Gasteiger partial charge in [-0.05, 0) is 96.9 Å². The molecule has 63 heavy (non-hydrogen) atoms. The van der Waals surface area contributed by atoms with E-state index in [-0.39, 0.29) is 53.8 Å². The second-order valence-corrected chi connectivity index (χ2v) is 17.1. The molecule has 15 nitrogen and oxygen atoms in total. The lowest BCUT2D eigenvalue weighted by atomic mass is 9.86. The number of rotatable bonds is 11. The molecule has 2 bridgehead atoms. The van der Waals surface area contributed by atoms with E-state index in [1.807, 2.05) is 56.7 Å². The molecular weight excluding hydrogens is 809 g/mol. The van der Waals surface area contributed by atoms with E-state index in [1.54, 1.807) is 24.3 Å². The van der Waals surface area contributed by atoms with Gasteiger partial charge in [-0.3, -0.25) is 9.59 Å². The lowest BCUT2D eigenvalue weighted by Crippen LogP contribution is -2.69. The first-order valence-corrected chi connectivity index (χ1v) is 21.5. The van der Waals surface area contributed by atoms with Crippen molar-refractivity contribution in [3.05, 3.63) is 105 Å². The van der Waals surface area contributed by atoms with Crippen molar-refractivity contribution >= 4 is 39.4 Å². The van der Waals surface area contributed by atoms with E-state index in [1.165, 1.54) is 12.0 Å². The molecule has 9 rings (SSSR count). The summed E-state index contributed by atoms with van der Waals surface area (Å²) in [7, 11) is 5.18. The zero-order valence-corrected chi connectivity index (χ0v) is 35.5. The Morgan fingerprint density at radius 2 is 1.84 bits per heavy atom. The standard InChI is InChI=1S/C48H54N4O11/c1-49-18-25-11-13-35-32(15-25)33(20-51-35)37-14-12-30-38(60-3)17-28-16-31(26-7-4-5-8-26)41(36(54)22-52-21-34-27(19-50-2)9-6-10-29(34)46(52)58)43(56)40(28)44(30)63-47-48(59,24-53)45(57)42(55)39(62-47)23-61-37/h6,9-17,20,26,37,39,42,45,47,49-51,53,55-57,59H,4-5,7-8,18-19,21-24H2,1-3H3. The Bertz CT molecular complexity index is 2600. The van der Waals surface area contributed by atoms with Crippen LogP contribution in [0.2, 0.25) is 0 Å². The number of H-pyrrole nitrogens is 1. The number of amides is 1. The van der Waals surface area contributed by atoms with E-state index in [0.29, 0.717) is 35.4 Å². The SMILES string of the molecule is CNCc1ccc2[nH]cc(C3C=Cc4c(OC)cc5cc(C6CCCC6)c(C(=O)CN6Cc7c(CNC)cccc7C6=O)c(O)c5c4OC4OC(CO3)C(O)C(O)C4(O)CO)c2c1. The van der Waals surface area contributed by atoms with Crippen molar-refractivity contribution < 1.29 is 54.1 Å². The van der Waals surface area contributed by atoms with Crippen LogP contribution in [0.4, 0.5) is 0 Å². The number of hydrogen-bond acceptors (Lipinski definition) is 13. The van der Waals surface area contributed by atoms with Gasteiger partial charge in [0.1, 0.15) is 41.7 Å². The van der Waals surface area contributed by atoms with Gasteiger partial charge in [0.2, 0.25) is 6.29 Å². The highest BCUT2D eigenvalue weighted by Crippen LogP contribution is 2.50. The number of Topliss-reactive ketones (excluding diaryl/α,β-unsaturated/α-hetero) is 1. The molecule has 4 heterocycles. The van der Waals surface area contributed by atoms with Gasteiger partial charge in [0.15, 0.2) is 11.4 Å². The zero-order valence-electron chi connectivity index (χ0n) is 35.5. The van der Waals surface area contributed by atoms with Crippen molar-refractivity contribution in [2.45, 2.75) is 87.5 Å². The van der Waals surface area contributed by atoms with Crippen LogP contribution in [0.15, 0.2) is 60.8 Å². The van der Waals surface area contributed by atoms with Crippen LogP contribution in [-0.2, 0) is 29.1 Å². The average molecular weight is 863 g/mol. The van der Waals surface area contributed by atoms with Gasteiger partial charge >= 0.3 is 0 Å². The zero-order chi connectivity index (χ0) is 44.2. The summed E-state index contributed by atoms with van der Waals surface area (Å²) in [5, 5.41) is 65.6. The number of ketones is 1. The van der Waals surface area contributed by atoms with Gasteiger partial charge in [0.25, 0.3) is 5.91 Å². The van der Waals surface area contributed by atoms with Gasteiger partial charge in [-0.1, -0.05) is 37.1 Å². The summed E-state index contributed by atoms with van der Waals surface area (Å²) in [6.07, 6.45) is 1.23. The van der Waals surface area contributed by atoms with Crippen molar-refractivity contribution in [2.75, 3.05) is 41.0 Å². The summed E-state index contributed by atoms with van der Waals surface area (Å²) in [4.78, 5) is 33.4. The molecule has 1 aromatic heterocycles. The summed E-state index contributed by atoms with van der Waals surface area (Å²) in [5.41, 5.74) is 3.39. The van der Waals surface area contributed by atoms with Crippen molar-refractivity contribution in [1.82, 2.24) is 20.5 Å². The number of aliphatic hydroxyl groups is 4. The average Bonchev–Trinajstić information content (AvgIpc) is 4.04. The monoisotopic (exact) mass is 862 g/mol. The topological polar surface area (TPSA) is 215 Å². The fraction of sp³-hybridized carbons (Fsp3) is 0.417. The highest BCUT2D eigenvalue weighted by Gasteiger charge is 2.56. The Morgan fingerprint density at radius 3 is 2.59 bits per heavy atom. The third-order valence-corrected chi connectivity index (χ3v) is 13.3. The van der Waals surface area contributed by atoms with Crippen molar-refractivity contribution in [1.29, 1.82) is 0 Å². The third kappa shape index (κ3) is 7.45. The van der Waals surface area contributed by atoms with E-state index >= 15 is 0 Å². The number of carbonyl (C=O) groups excluding carboxylic acids is 2. The van der Waals surface area contributed by atoms with Crippen molar-refractivity contribution in [3.63, 3.8) is 0 Å². The first-order chi connectivity index (χ1) is 30.5. The second-order valence-electron chi connectivity index (χ2n) is 17.1. The molecule has 8 N–H and O–H groups in total. The molecule has 1 amide bonds. The Kier molecular flexibility index (Phi) is 11.8. The van der Waals surface area contributed by atoms with Crippen LogP contribution in [0.5, 0.6) is 17.2 Å². The van der Waals surface area contributed by atoms with Crippen LogP contribution in [0, 0.1) is 0 Å². The third-order valence-electron chi connectivity index (χ3n) is 13.3. The van der Waals surface area contributed by atoms with Crippen LogP contribution in [0.3, 0.4) is 0 Å². The molecule has 5 aromatic rings. The molecule has 0 radical (unpaired) electrons. The molecule has 1 saturated carbocycles. The minimum atomic E-state index is -2.56. The van der Waals surface area contributed by atoms with Crippen LogP contribution < -0.4 is 20.1 Å². The highest BCUT2D eigenvalue weighted by atomic mass is 16.7. The molecular formula is C48H54N4O11. The molecule has 0 spiro atoms. The number of fused-ring (bicyclic) bond motifs is 7. The molecule has 2 fully saturated rings. The van der Waals surface area contributed by atoms with Gasteiger partial charge in [0.05, 0.1) is 43.4 Å². The van der Waals surface area contributed by atoms with Crippen LogP contribution in [0.1, 0.15) is 91.8 Å². The molecule has 1 saturated heterocycles. The normalized spacial score (nSPS) is 25.0. The molecule has 6 unspecified atom stereocenters. The second kappa shape index (κ2) is 17.3. The lowest BCUT2D eigenvalue weighted by molar-refractivity contribution is -0.329. The number of methoxy groups -OCH3 is 1. The Morgan fingerprint density at radius 1 is 1.05 bits per heavy atom. The molecule has 3 aliphatic heterocycles. The number of hydrogen-bond donors (Lipinski definition) is 8. The molecule has 6 atom stereocenters. The molecule has 4 aliphatic rings. The number of aliphatic hydroxyl groups excluding tert-OH is 3. The van der Waals surface area contributed by atoms with Crippen LogP contribution in [-0.4, -0.2) is 118 Å². The van der Waals surface area contributed by atoms with Crippen molar-refractivity contribution in [3.8, 4) is 17.2 Å². The minimum absolute atomic E-state index is 0.0514. The van der Waals surface area contributed by atoms with Crippen LogP contribution >= 0.6 is 0 Å². The minimum Gasteiger partial charge on any atom is -0.506 e. The van der Waals surface area contributed by atoms with E-state index in [9.17, 15) is 35.1 Å². The maximum absolute atomic E-state index is 14.8. The number of nitrogens with one attached hydrogen (secondary N) is 3. The number of carbonyl (C=O) groups is 2. The van der Waals surface area contributed by atoms with E-state index in [4.69, 9.17) is 18.9 Å². The number of phenols is 1. The predicted molar refractivity (Wildman–Crippen MR) is 234 cm³/mol. The lowest BCUT2D eigenvalue weighted by Gasteiger charge is -2.47. The van der Waals surface area contributed by atoms with E-state index in [0.717, 1.165) is 58.8 Å². The number of nitrogens with zero attached hydrogens (tertiary/aromatic N) is 1. The number of aromatic amines is 1. The smallest absolute Gasteiger partial charge is 0.254 e. The summed E-state index contributed by atoms with van der Waals surface area (Å²) < 4.78 is 25.3. The van der Waals surface area contributed by atoms with Gasteiger partial charge in [-0.15, -0.1) is 0 Å². The molecule has 4 aromatic carbocycles.